The molecule has 1 aliphatic heterocycles. The molecule has 0 N–H and O–H groups in total. The highest BCUT2D eigenvalue weighted by Gasteiger charge is 2.27. The summed E-state index contributed by atoms with van der Waals surface area (Å²) in [5.41, 5.74) is 0. The van der Waals surface area contributed by atoms with Gasteiger partial charge in [-0.05, 0) is 19.3 Å². The smallest absolute Gasteiger partial charge is 0.131 e. The Hall–Kier alpha value is -0.930. The predicted molar refractivity (Wildman–Crippen MR) is 56.0 cm³/mol. The fourth-order valence-corrected chi connectivity index (χ4v) is 2.62. The normalized spacial score (nSPS) is 27.1. The molecule has 0 radical (unpaired) electrons. The molecule has 1 aliphatic carbocycles. The molecule has 14 heavy (non-hydrogen) atoms. The average Bonchev–Trinajstić information content (AvgIpc) is 2.68. The average molecular weight is 195 g/mol. The Morgan fingerprint density at radius 3 is 2.64 bits per heavy atom. The number of amidine groups is 1. The zero-order valence-corrected chi connectivity index (χ0v) is 8.48. The van der Waals surface area contributed by atoms with E-state index in [1.165, 1.54) is 32.1 Å². The van der Waals surface area contributed by atoms with Gasteiger partial charge in [0.25, 0.3) is 0 Å². The van der Waals surface area contributed by atoms with E-state index in [-0.39, 0.29) is 0 Å². The Morgan fingerprint density at radius 2 is 1.93 bits per heavy atom. The molecular weight excluding hydrogens is 178 g/mol. The van der Waals surface area contributed by atoms with Gasteiger partial charge in [-0.3, -0.25) is 0 Å². The fraction of sp³-hybridized carbons (Fsp3) is 0.900. The summed E-state index contributed by atoms with van der Waals surface area (Å²) in [7, 11) is 0. The van der Waals surface area contributed by atoms with Crippen molar-refractivity contribution in [3.8, 4) is 0 Å². The molecule has 2 aliphatic rings. The molecule has 2 fully saturated rings. The van der Waals surface area contributed by atoms with E-state index >= 15 is 0 Å². The Balaban J connectivity index is 2.00. The number of hydrogen-bond acceptors (Lipinski definition) is 2. The maximum absolute atomic E-state index is 10.1. The highest BCUT2D eigenvalue weighted by Crippen LogP contribution is 2.26. The van der Waals surface area contributed by atoms with Crippen molar-refractivity contribution in [1.82, 2.24) is 4.90 Å². The minimum absolute atomic E-state index is 0.631. The Kier molecular flexibility index (Phi) is 3.11. The van der Waals surface area contributed by atoms with Crippen molar-refractivity contribution in [3.05, 3.63) is 4.91 Å². The molecule has 0 unspecified atom stereocenters. The lowest BCUT2D eigenvalue weighted by atomic mass is 9.94. The van der Waals surface area contributed by atoms with Crippen LogP contribution >= 0.6 is 0 Å². The van der Waals surface area contributed by atoms with Gasteiger partial charge >= 0.3 is 0 Å². The van der Waals surface area contributed by atoms with Gasteiger partial charge in [0.2, 0.25) is 0 Å². The quantitative estimate of drug-likeness (QED) is 0.502. The summed E-state index contributed by atoms with van der Waals surface area (Å²) < 4.78 is 0. The van der Waals surface area contributed by atoms with Gasteiger partial charge < -0.3 is 4.90 Å². The highest BCUT2D eigenvalue weighted by atomic mass is 16.3. The van der Waals surface area contributed by atoms with E-state index in [1.807, 2.05) is 0 Å². The second kappa shape index (κ2) is 4.53. The first-order chi connectivity index (χ1) is 6.92. The Morgan fingerprint density at radius 1 is 1.14 bits per heavy atom. The van der Waals surface area contributed by atoms with Gasteiger partial charge in [-0.1, -0.05) is 24.4 Å². The molecule has 1 saturated heterocycles. The van der Waals surface area contributed by atoms with Gasteiger partial charge in [-0.15, -0.1) is 4.91 Å². The summed E-state index contributed by atoms with van der Waals surface area (Å²) in [6.07, 6.45) is 8.59. The lowest BCUT2D eigenvalue weighted by molar-refractivity contribution is 0.258. The number of nitroso groups, excluding NO2 is 1. The van der Waals surface area contributed by atoms with Crippen LogP contribution in [0, 0.1) is 4.91 Å². The molecule has 0 amide bonds. The topological polar surface area (TPSA) is 45.0 Å². The molecule has 2 rings (SSSR count). The second-order valence-corrected chi connectivity index (χ2v) is 4.19. The van der Waals surface area contributed by atoms with E-state index in [9.17, 15) is 4.91 Å². The first kappa shape index (κ1) is 9.62. The third kappa shape index (κ3) is 1.94. The number of rotatable bonds is 2. The molecule has 0 aromatic heterocycles. The molecule has 78 valence electrons. The summed E-state index contributed by atoms with van der Waals surface area (Å²) in [4.78, 5) is 12.4. The number of hydrogen-bond donors (Lipinski definition) is 0. The van der Waals surface area contributed by atoms with E-state index in [4.69, 9.17) is 0 Å². The van der Waals surface area contributed by atoms with Crippen molar-refractivity contribution >= 4 is 5.84 Å². The van der Waals surface area contributed by atoms with Crippen LogP contribution in [-0.4, -0.2) is 23.3 Å². The third-order valence-corrected chi connectivity index (χ3v) is 3.30. The van der Waals surface area contributed by atoms with E-state index < -0.39 is 0 Å². The third-order valence-electron chi connectivity index (χ3n) is 3.30. The predicted octanol–water partition coefficient (Wildman–Crippen LogP) is 2.49. The second-order valence-electron chi connectivity index (χ2n) is 4.19. The number of nitrogens with zero attached hydrogens (tertiary/aromatic N) is 3. The molecule has 1 heterocycles. The summed E-state index contributed by atoms with van der Waals surface area (Å²) >= 11 is 0. The van der Waals surface area contributed by atoms with Crippen molar-refractivity contribution in [3.63, 3.8) is 0 Å². The van der Waals surface area contributed by atoms with Crippen LogP contribution in [0.15, 0.2) is 10.4 Å². The molecule has 0 atom stereocenters. The van der Waals surface area contributed by atoms with Crippen LogP contribution in [-0.2, 0) is 0 Å². The highest BCUT2D eigenvalue weighted by molar-refractivity contribution is 5.84. The van der Waals surface area contributed by atoms with Gasteiger partial charge in [-0.2, -0.15) is 0 Å². The molecule has 0 bridgehead atoms. The van der Waals surface area contributed by atoms with Gasteiger partial charge in [0.05, 0.1) is 5.29 Å². The maximum atomic E-state index is 10.1. The van der Waals surface area contributed by atoms with Crippen LogP contribution in [0.3, 0.4) is 0 Å². The summed E-state index contributed by atoms with van der Waals surface area (Å²) in [5.74, 6) is 0.923. The monoisotopic (exact) mass is 195 g/mol. The van der Waals surface area contributed by atoms with Crippen molar-refractivity contribution in [2.24, 2.45) is 10.4 Å². The van der Waals surface area contributed by atoms with Crippen LogP contribution in [0.25, 0.3) is 0 Å². The molecular formula is C10H17N3O. The van der Waals surface area contributed by atoms with E-state index in [2.05, 4.69) is 15.3 Å². The van der Waals surface area contributed by atoms with Gasteiger partial charge in [0, 0.05) is 19.0 Å². The van der Waals surface area contributed by atoms with Crippen LogP contribution < -0.4 is 0 Å². The zero-order valence-electron chi connectivity index (χ0n) is 8.48. The van der Waals surface area contributed by atoms with Gasteiger partial charge in [-0.25, -0.2) is 0 Å². The van der Waals surface area contributed by atoms with Crippen molar-refractivity contribution < 1.29 is 0 Å². The van der Waals surface area contributed by atoms with Crippen molar-refractivity contribution in [2.45, 2.75) is 51.0 Å². The van der Waals surface area contributed by atoms with Gasteiger partial charge in [0.1, 0.15) is 5.84 Å². The van der Waals surface area contributed by atoms with Crippen molar-refractivity contribution in [1.29, 1.82) is 0 Å². The minimum Gasteiger partial charge on any atom is -0.355 e. The first-order valence-corrected chi connectivity index (χ1v) is 5.57. The van der Waals surface area contributed by atoms with E-state index in [0.717, 1.165) is 25.2 Å². The molecule has 4 nitrogen and oxygen atoms in total. The van der Waals surface area contributed by atoms with Crippen LogP contribution in [0.4, 0.5) is 0 Å². The molecule has 1 saturated carbocycles. The van der Waals surface area contributed by atoms with Crippen molar-refractivity contribution in [2.75, 3.05) is 6.54 Å². The molecule has 4 heteroatoms. The largest absolute Gasteiger partial charge is 0.355 e. The summed E-state index contributed by atoms with van der Waals surface area (Å²) in [6.45, 7) is 1.07. The van der Waals surface area contributed by atoms with E-state index in [1.54, 1.807) is 0 Å². The maximum Gasteiger partial charge on any atom is 0.131 e. The lowest BCUT2D eigenvalue weighted by Gasteiger charge is -2.32. The summed E-state index contributed by atoms with van der Waals surface area (Å²) in [5, 5.41) is 6.35. The number of likely N-dealkylation sites (tertiary alicyclic amines) is 1. The van der Waals surface area contributed by atoms with E-state index in [0.29, 0.717) is 6.04 Å². The lowest BCUT2D eigenvalue weighted by Crippen LogP contribution is -2.37. The Labute approximate surface area is 84.3 Å². The molecule has 0 aromatic rings. The SMILES string of the molecule is O=N/N=C1\CCCN1C1CCCCC1. The molecule has 0 spiro atoms. The Bertz CT molecular complexity index is 234. The first-order valence-electron chi connectivity index (χ1n) is 5.57. The van der Waals surface area contributed by atoms with Gasteiger partial charge in [0.15, 0.2) is 0 Å². The zero-order chi connectivity index (χ0) is 9.80. The fourth-order valence-electron chi connectivity index (χ4n) is 2.62. The van der Waals surface area contributed by atoms with Crippen LogP contribution in [0.1, 0.15) is 44.9 Å². The molecule has 0 aromatic carbocycles. The van der Waals surface area contributed by atoms with Crippen LogP contribution in [0.5, 0.6) is 0 Å². The standard InChI is InChI=1S/C10H17N3O/c14-12-11-10-7-4-8-13(10)9-5-2-1-3-6-9/h9H,1-8H2/b11-10+. The van der Waals surface area contributed by atoms with Crippen LogP contribution in [0.2, 0.25) is 0 Å². The minimum atomic E-state index is 0.631. The summed E-state index contributed by atoms with van der Waals surface area (Å²) in [6, 6.07) is 0.631.